The Kier molecular flexibility index (Phi) is 5.98. The summed E-state index contributed by atoms with van der Waals surface area (Å²) in [6.45, 7) is 8.79. The number of anilines is 1. The van der Waals surface area contributed by atoms with Crippen LogP contribution in [0.25, 0.3) is 0 Å². The van der Waals surface area contributed by atoms with Gasteiger partial charge in [0.05, 0.1) is 6.54 Å². The normalized spacial score (nSPS) is 19.0. The Morgan fingerprint density at radius 2 is 1.91 bits per heavy atom. The third-order valence-corrected chi connectivity index (χ3v) is 4.50. The monoisotopic (exact) mass is 303 g/mol. The quantitative estimate of drug-likeness (QED) is 0.899. The van der Waals surface area contributed by atoms with Crippen LogP contribution in [0.3, 0.4) is 0 Å². The average Bonchev–Trinajstić information content (AvgIpc) is 2.71. The van der Waals surface area contributed by atoms with Crippen LogP contribution in [0.4, 0.5) is 5.69 Å². The zero-order valence-electron chi connectivity index (χ0n) is 14.3. The van der Waals surface area contributed by atoms with E-state index >= 15 is 0 Å². The maximum atomic E-state index is 12.4. The highest BCUT2D eigenvalue weighted by molar-refractivity contribution is 5.93. The summed E-state index contributed by atoms with van der Waals surface area (Å²) in [6.07, 6.45) is 3.47. The Balaban J connectivity index is 1.95. The van der Waals surface area contributed by atoms with E-state index in [0.29, 0.717) is 12.6 Å². The number of hydrogen-bond acceptors (Lipinski definition) is 3. The van der Waals surface area contributed by atoms with Crippen LogP contribution in [0, 0.1) is 20.8 Å². The highest BCUT2D eigenvalue weighted by Crippen LogP contribution is 2.22. The molecule has 0 saturated carbocycles. The van der Waals surface area contributed by atoms with Crippen LogP contribution in [0.2, 0.25) is 0 Å². The molecule has 22 heavy (non-hydrogen) atoms. The fourth-order valence-electron chi connectivity index (χ4n) is 3.35. The molecule has 1 aliphatic heterocycles. The zero-order chi connectivity index (χ0) is 16.1. The van der Waals surface area contributed by atoms with E-state index in [1.807, 2.05) is 0 Å². The number of rotatable bonds is 4. The van der Waals surface area contributed by atoms with Gasteiger partial charge in [-0.05, 0) is 71.3 Å². The van der Waals surface area contributed by atoms with Crippen molar-refractivity contribution in [3.63, 3.8) is 0 Å². The maximum Gasteiger partial charge on any atom is 0.238 e. The number of likely N-dealkylation sites (N-methyl/N-ethyl adjacent to an activating group) is 1. The van der Waals surface area contributed by atoms with Crippen LogP contribution < -0.4 is 10.6 Å². The molecule has 1 aromatic rings. The van der Waals surface area contributed by atoms with Crippen molar-refractivity contribution in [2.24, 2.45) is 0 Å². The molecule has 4 nitrogen and oxygen atoms in total. The summed E-state index contributed by atoms with van der Waals surface area (Å²) < 4.78 is 0. The van der Waals surface area contributed by atoms with Gasteiger partial charge in [-0.1, -0.05) is 17.7 Å². The first-order valence-corrected chi connectivity index (χ1v) is 8.26. The number of carbonyl (C=O) groups excluding carboxylic acids is 1. The van der Waals surface area contributed by atoms with Gasteiger partial charge in [0.25, 0.3) is 0 Å². The van der Waals surface area contributed by atoms with Crippen LogP contribution in [-0.2, 0) is 4.79 Å². The second kappa shape index (κ2) is 7.75. The molecule has 0 bridgehead atoms. The minimum atomic E-state index is 0.0785. The molecule has 1 amide bonds. The van der Waals surface area contributed by atoms with Gasteiger partial charge in [-0.2, -0.15) is 0 Å². The molecule has 2 rings (SSSR count). The lowest BCUT2D eigenvalue weighted by Gasteiger charge is -2.26. The van der Waals surface area contributed by atoms with Crippen molar-refractivity contribution in [2.45, 2.75) is 46.1 Å². The molecule has 0 aromatic heterocycles. The number of hydrogen-bond donors (Lipinski definition) is 2. The minimum absolute atomic E-state index is 0.0785. The molecule has 1 aromatic carbocycles. The van der Waals surface area contributed by atoms with E-state index in [9.17, 15) is 4.79 Å². The van der Waals surface area contributed by atoms with Crippen molar-refractivity contribution in [3.8, 4) is 0 Å². The molecule has 1 saturated heterocycles. The van der Waals surface area contributed by atoms with Crippen molar-refractivity contribution in [1.29, 1.82) is 0 Å². The van der Waals surface area contributed by atoms with Crippen LogP contribution in [-0.4, -0.2) is 43.5 Å². The van der Waals surface area contributed by atoms with E-state index in [4.69, 9.17) is 0 Å². The van der Waals surface area contributed by atoms with Crippen molar-refractivity contribution >= 4 is 11.6 Å². The summed E-state index contributed by atoms with van der Waals surface area (Å²) in [5, 5.41) is 6.51. The number of carbonyl (C=O) groups is 1. The Labute approximate surface area is 134 Å². The van der Waals surface area contributed by atoms with E-state index in [-0.39, 0.29) is 5.91 Å². The van der Waals surface area contributed by atoms with Gasteiger partial charge in [0.15, 0.2) is 0 Å². The molecule has 1 unspecified atom stereocenters. The summed E-state index contributed by atoms with van der Waals surface area (Å²) in [4.78, 5) is 14.6. The Morgan fingerprint density at radius 3 is 2.59 bits per heavy atom. The SMILES string of the molecule is Cc1cc(C)c(NC(=O)CN(C)C2CCCNCC2)c(C)c1. The minimum Gasteiger partial charge on any atom is -0.324 e. The topological polar surface area (TPSA) is 44.4 Å². The molecule has 1 atom stereocenters. The fraction of sp³-hybridized carbons (Fsp3) is 0.611. The lowest BCUT2D eigenvalue weighted by atomic mass is 10.0. The number of nitrogens with zero attached hydrogens (tertiary/aromatic N) is 1. The second-order valence-corrected chi connectivity index (χ2v) is 6.57. The largest absolute Gasteiger partial charge is 0.324 e. The maximum absolute atomic E-state index is 12.4. The summed E-state index contributed by atoms with van der Waals surface area (Å²) in [6, 6.07) is 4.73. The first-order chi connectivity index (χ1) is 10.5. The predicted octanol–water partition coefficient (Wildman–Crippen LogP) is 2.62. The molecule has 1 aliphatic rings. The summed E-state index contributed by atoms with van der Waals surface area (Å²) in [5.41, 5.74) is 4.46. The van der Waals surface area contributed by atoms with Crippen molar-refractivity contribution in [3.05, 3.63) is 28.8 Å². The van der Waals surface area contributed by atoms with Crippen LogP contribution in [0.5, 0.6) is 0 Å². The lowest BCUT2D eigenvalue weighted by molar-refractivity contribution is -0.117. The van der Waals surface area contributed by atoms with Gasteiger partial charge in [0.2, 0.25) is 5.91 Å². The summed E-state index contributed by atoms with van der Waals surface area (Å²) in [5.74, 6) is 0.0785. The molecule has 0 spiro atoms. The number of nitrogens with one attached hydrogen (secondary N) is 2. The molecule has 122 valence electrons. The molecule has 2 N–H and O–H groups in total. The molecule has 0 aliphatic carbocycles. The van der Waals surface area contributed by atoms with Gasteiger partial charge in [-0.15, -0.1) is 0 Å². The molecule has 1 heterocycles. The van der Waals surface area contributed by atoms with Crippen molar-refractivity contribution in [1.82, 2.24) is 10.2 Å². The Hall–Kier alpha value is -1.39. The highest BCUT2D eigenvalue weighted by Gasteiger charge is 2.19. The first kappa shape index (κ1) is 17.0. The van der Waals surface area contributed by atoms with Crippen molar-refractivity contribution in [2.75, 3.05) is 32.0 Å². The molecular formula is C18H29N3O. The predicted molar refractivity (Wildman–Crippen MR) is 92.4 cm³/mol. The van der Waals surface area contributed by atoms with E-state index in [1.165, 1.54) is 18.4 Å². The van der Waals surface area contributed by atoms with Crippen LogP contribution in [0.15, 0.2) is 12.1 Å². The van der Waals surface area contributed by atoms with Gasteiger partial charge in [0.1, 0.15) is 0 Å². The standard InChI is InChI=1S/C18H29N3O/c1-13-10-14(2)18(15(3)11-13)20-17(22)12-21(4)16-6-5-8-19-9-7-16/h10-11,16,19H,5-9,12H2,1-4H3,(H,20,22). The van der Waals surface area contributed by atoms with Crippen LogP contribution in [0.1, 0.15) is 36.0 Å². The third kappa shape index (κ3) is 4.55. The number of benzene rings is 1. The van der Waals surface area contributed by atoms with Gasteiger partial charge in [0, 0.05) is 11.7 Å². The Morgan fingerprint density at radius 1 is 1.23 bits per heavy atom. The summed E-state index contributed by atoms with van der Waals surface area (Å²) in [7, 11) is 2.06. The zero-order valence-corrected chi connectivity index (χ0v) is 14.3. The molecule has 0 radical (unpaired) electrons. The summed E-state index contributed by atoms with van der Waals surface area (Å²) >= 11 is 0. The highest BCUT2D eigenvalue weighted by atomic mass is 16.2. The smallest absolute Gasteiger partial charge is 0.238 e. The van der Waals surface area contributed by atoms with Gasteiger partial charge in [-0.25, -0.2) is 0 Å². The number of amides is 1. The average molecular weight is 303 g/mol. The molecule has 4 heteroatoms. The van der Waals surface area contributed by atoms with Gasteiger partial charge < -0.3 is 10.6 Å². The third-order valence-electron chi connectivity index (χ3n) is 4.50. The van der Waals surface area contributed by atoms with E-state index in [2.05, 4.69) is 55.5 Å². The van der Waals surface area contributed by atoms with Crippen molar-refractivity contribution < 1.29 is 4.79 Å². The van der Waals surface area contributed by atoms with Gasteiger partial charge in [-0.3, -0.25) is 9.69 Å². The molecular weight excluding hydrogens is 274 g/mol. The fourth-order valence-corrected chi connectivity index (χ4v) is 3.35. The Bertz CT molecular complexity index is 496. The first-order valence-electron chi connectivity index (χ1n) is 8.26. The second-order valence-electron chi connectivity index (χ2n) is 6.57. The lowest BCUT2D eigenvalue weighted by Crippen LogP contribution is -2.38. The van der Waals surface area contributed by atoms with Gasteiger partial charge >= 0.3 is 0 Å². The van der Waals surface area contributed by atoms with E-state index < -0.39 is 0 Å². The van der Waals surface area contributed by atoms with E-state index in [1.54, 1.807) is 0 Å². The molecule has 1 fully saturated rings. The van der Waals surface area contributed by atoms with E-state index in [0.717, 1.165) is 36.3 Å². The number of aryl methyl sites for hydroxylation is 3. The van der Waals surface area contributed by atoms with Crippen LogP contribution >= 0.6 is 0 Å².